The second kappa shape index (κ2) is 7.25. The third-order valence-electron chi connectivity index (χ3n) is 3.31. The summed E-state index contributed by atoms with van der Waals surface area (Å²) in [6.07, 6.45) is 0.802. The Morgan fingerprint density at radius 3 is 2.35 bits per heavy atom. The van der Waals surface area contributed by atoms with E-state index in [4.69, 9.17) is 0 Å². The van der Waals surface area contributed by atoms with Crippen LogP contribution in [0.2, 0.25) is 0 Å². The molecule has 2 aromatic carbocycles. The molecule has 104 valence electrons. The van der Waals surface area contributed by atoms with E-state index in [2.05, 4.69) is 21.2 Å². The molecule has 3 heteroatoms. The van der Waals surface area contributed by atoms with Crippen LogP contribution in [-0.4, -0.2) is 5.91 Å². The zero-order chi connectivity index (χ0) is 14.4. The molecule has 0 saturated heterocycles. The van der Waals surface area contributed by atoms with Crippen molar-refractivity contribution in [2.45, 2.75) is 25.8 Å². The summed E-state index contributed by atoms with van der Waals surface area (Å²) in [5.41, 5.74) is 2.17. The Hall–Kier alpha value is -1.61. The largest absolute Gasteiger partial charge is 0.351 e. The lowest BCUT2D eigenvalue weighted by molar-refractivity contribution is -0.122. The molecule has 0 saturated carbocycles. The van der Waals surface area contributed by atoms with E-state index in [0.29, 0.717) is 6.54 Å². The van der Waals surface area contributed by atoms with Gasteiger partial charge in [-0.3, -0.25) is 4.79 Å². The lowest BCUT2D eigenvalue weighted by Gasteiger charge is -2.15. The number of carbonyl (C=O) groups is 1. The zero-order valence-corrected chi connectivity index (χ0v) is 13.1. The Bertz CT molecular complexity index is 551. The minimum Gasteiger partial charge on any atom is -0.351 e. The first kappa shape index (κ1) is 14.8. The van der Waals surface area contributed by atoms with Crippen LogP contribution in [0.15, 0.2) is 59.1 Å². The van der Waals surface area contributed by atoms with E-state index in [-0.39, 0.29) is 11.8 Å². The standard InChI is InChI=1S/C17H18BrNO/c1-2-16(14-6-4-3-5-7-14)17(20)19-12-13-8-10-15(18)11-9-13/h3-11,16H,2,12H2,1H3,(H,19,20). The Morgan fingerprint density at radius 1 is 1.10 bits per heavy atom. The van der Waals surface area contributed by atoms with Crippen molar-refractivity contribution in [2.24, 2.45) is 0 Å². The molecule has 2 nitrogen and oxygen atoms in total. The molecule has 0 aliphatic carbocycles. The van der Waals surface area contributed by atoms with E-state index < -0.39 is 0 Å². The zero-order valence-electron chi connectivity index (χ0n) is 11.5. The fourth-order valence-electron chi connectivity index (χ4n) is 2.17. The quantitative estimate of drug-likeness (QED) is 0.871. The van der Waals surface area contributed by atoms with Gasteiger partial charge in [0.2, 0.25) is 5.91 Å². The van der Waals surface area contributed by atoms with Gasteiger partial charge in [0.15, 0.2) is 0 Å². The molecule has 0 aromatic heterocycles. The van der Waals surface area contributed by atoms with Crippen LogP contribution >= 0.6 is 15.9 Å². The Labute approximate surface area is 128 Å². The molecular formula is C17H18BrNO. The molecule has 20 heavy (non-hydrogen) atoms. The summed E-state index contributed by atoms with van der Waals surface area (Å²) in [6.45, 7) is 2.60. The van der Waals surface area contributed by atoms with Gasteiger partial charge in [-0.25, -0.2) is 0 Å². The summed E-state index contributed by atoms with van der Waals surface area (Å²) in [6, 6.07) is 17.9. The second-order valence-electron chi connectivity index (χ2n) is 4.72. The second-order valence-corrected chi connectivity index (χ2v) is 5.63. The molecule has 0 spiro atoms. The van der Waals surface area contributed by atoms with Gasteiger partial charge in [0.05, 0.1) is 5.92 Å². The monoisotopic (exact) mass is 331 g/mol. The minimum absolute atomic E-state index is 0.0772. The first-order chi connectivity index (χ1) is 9.70. The van der Waals surface area contributed by atoms with Crippen LogP contribution in [0, 0.1) is 0 Å². The molecule has 0 aliphatic heterocycles. The third-order valence-corrected chi connectivity index (χ3v) is 3.84. The topological polar surface area (TPSA) is 29.1 Å². The van der Waals surface area contributed by atoms with Crippen molar-refractivity contribution in [3.8, 4) is 0 Å². The van der Waals surface area contributed by atoms with E-state index in [9.17, 15) is 4.79 Å². The maximum atomic E-state index is 12.3. The van der Waals surface area contributed by atoms with Gasteiger partial charge >= 0.3 is 0 Å². The number of hydrogen-bond acceptors (Lipinski definition) is 1. The van der Waals surface area contributed by atoms with Crippen LogP contribution in [0.4, 0.5) is 0 Å². The van der Waals surface area contributed by atoms with Crippen molar-refractivity contribution in [1.29, 1.82) is 0 Å². The van der Waals surface area contributed by atoms with Crippen molar-refractivity contribution in [3.05, 3.63) is 70.2 Å². The predicted octanol–water partition coefficient (Wildman–Crippen LogP) is 4.26. The van der Waals surface area contributed by atoms with Crippen molar-refractivity contribution < 1.29 is 4.79 Å². The van der Waals surface area contributed by atoms with E-state index >= 15 is 0 Å². The van der Waals surface area contributed by atoms with E-state index in [0.717, 1.165) is 22.0 Å². The van der Waals surface area contributed by atoms with Gasteiger partial charge in [-0.15, -0.1) is 0 Å². The van der Waals surface area contributed by atoms with Gasteiger partial charge in [-0.2, -0.15) is 0 Å². The Balaban J connectivity index is 1.98. The molecule has 0 bridgehead atoms. The summed E-state index contributed by atoms with van der Waals surface area (Å²) >= 11 is 3.40. The van der Waals surface area contributed by atoms with Gasteiger partial charge in [-0.05, 0) is 29.7 Å². The number of amides is 1. The van der Waals surface area contributed by atoms with Gasteiger partial charge in [-0.1, -0.05) is 65.3 Å². The number of hydrogen-bond donors (Lipinski definition) is 1. The number of carbonyl (C=O) groups excluding carboxylic acids is 1. The average molecular weight is 332 g/mol. The maximum absolute atomic E-state index is 12.3. The summed E-state index contributed by atoms with van der Waals surface area (Å²) in [5, 5.41) is 3.01. The van der Waals surface area contributed by atoms with Gasteiger partial charge in [0.25, 0.3) is 0 Å². The van der Waals surface area contributed by atoms with Gasteiger partial charge < -0.3 is 5.32 Å². The number of halogens is 1. The van der Waals surface area contributed by atoms with Crippen molar-refractivity contribution in [3.63, 3.8) is 0 Å². The SMILES string of the molecule is CCC(C(=O)NCc1ccc(Br)cc1)c1ccccc1. The van der Waals surface area contributed by atoms with E-state index in [1.54, 1.807) is 0 Å². The highest BCUT2D eigenvalue weighted by atomic mass is 79.9. The molecule has 2 rings (SSSR count). The van der Waals surface area contributed by atoms with Gasteiger partial charge in [0.1, 0.15) is 0 Å². The summed E-state index contributed by atoms with van der Waals surface area (Å²) in [5.74, 6) is 0.00765. The smallest absolute Gasteiger partial charge is 0.227 e. The summed E-state index contributed by atoms with van der Waals surface area (Å²) < 4.78 is 1.04. The fraction of sp³-hybridized carbons (Fsp3) is 0.235. The molecule has 2 aromatic rings. The van der Waals surface area contributed by atoms with Gasteiger partial charge in [0, 0.05) is 11.0 Å². The summed E-state index contributed by atoms with van der Waals surface area (Å²) in [7, 11) is 0. The number of rotatable bonds is 5. The molecule has 0 heterocycles. The number of benzene rings is 2. The first-order valence-electron chi connectivity index (χ1n) is 6.77. The molecule has 1 unspecified atom stereocenters. The maximum Gasteiger partial charge on any atom is 0.227 e. The average Bonchev–Trinajstić information content (AvgIpc) is 2.48. The first-order valence-corrected chi connectivity index (χ1v) is 7.57. The normalized spacial score (nSPS) is 11.9. The molecule has 0 aliphatic rings. The molecule has 0 fully saturated rings. The lowest BCUT2D eigenvalue weighted by atomic mass is 9.95. The molecule has 1 amide bonds. The Morgan fingerprint density at radius 2 is 1.75 bits per heavy atom. The van der Waals surface area contributed by atoms with Crippen LogP contribution in [0.5, 0.6) is 0 Å². The van der Waals surface area contributed by atoms with Crippen LogP contribution in [0.1, 0.15) is 30.4 Å². The summed E-state index contributed by atoms with van der Waals surface area (Å²) in [4.78, 5) is 12.3. The van der Waals surface area contributed by atoms with E-state index in [1.165, 1.54) is 0 Å². The van der Waals surface area contributed by atoms with Crippen molar-refractivity contribution in [2.75, 3.05) is 0 Å². The molecule has 1 N–H and O–H groups in total. The molecular weight excluding hydrogens is 314 g/mol. The highest BCUT2D eigenvalue weighted by Crippen LogP contribution is 2.19. The van der Waals surface area contributed by atoms with Crippen LogP contribution in [0.3, 0.4) is 0 Å². The Kier molecular flexibility index (Phi) is 5.36. The highest BCUT2D eigenvalue weighted by molar-refractivity contribution is 9.10. The van der Waals surface area contributed by atoms with Crippen molar-refractivity contribution >= 4 is 21.8 Å². The van der Waals surface area contributed by atoms with Crippen LogP contribution < -0.4 is 5.32 Å². The third kappa shape index (κ3) is 3.94. The van der Waals surface area contributed by atoms with Crippen LogP contribution in [0.25, 0.3) is 0 Å². The lowest BCUT2D eigenvalue weighted by Crippen LogP contribution is -2.28. The van der Waals surface area contributed by atoms with Crippen LogP contribution in [-0.2, 0) is 11.3 Å². The van der Waals surface area contributed by atoms with E-state index in [1.807, 2.05) is 61.5 Å². The predicted molar refractivity (Wildman–Crippen MR) is 85.5 cm³/mol. The molecule has 1 atom stereocenters. The minimum atomic E-state index is -0.0772. The number of nitrogens with one attached hydrogen (secondary N) is 1. The molecule has 0 radical (unpaired) electrons. The van der Waals surface area contributed by atoms with Crippen molar-refractivity contribution in [1.82, 2.24) is 5.32 Å². The highest BCUT2D eigenvalue weighted by Gasteiger charge is 2.17. The fourth-order valence-corrected chi connectivity index (χ4v) is 2.44.